The van der Waals surface area contributed by atoms with Crippen LogP contribution in [0.5, 0.6) is 0 Å². The van der Waals surface area contributed by atoms with E-state index in [9.17, 15) is 4.79 Å². The van der Waals surface area contributed by atoms with Gasteiger partial charge >= 0.3 is 0 Å². The lowest BCUT2D eigenvalue weighted by molar-refractivity contribution is 0.0610. The Kier molecular flexibility index (Phi) is 8.38. The van der Waals surface area contributed by atoms with Crippen LogP contribution in [0.25, 0.3) is 0 Å². The molecule has 5 N–H and O–H groups in total. The standard InChI is InChI=1S/C28H41ClN8O/c1-3-22-17-36(27-25(29)33-24(26(31)34-27)28(38)32-21-6-7-21)12-13-37(22)23-8-10-35(11-9-23)16-19-5-4-18(2)14-20(19)15-30/h4-5,14,21-23H,3,6-13,15-17,30H2,1-2H3,(H2,31,34)(H,32,38)/t22-/m0/s1. The minimum absolute atomic E-state index is 0.118. The van der Waals surface area contributed by atoms with Crippen LogP contribution in [0.2, 0.25) is 5.15 Å². The Morgan fingerprint density at radius 2 is 1.87 bits per heavy atom. The van der Waals surface area contributed by atoms with Crippen LogP contribution in [0, 0.1) is 6.92 Å². The van der Waals surface area contributed by atoms with Crippen LogP contribution >= 0.6 is 11.6 Å². The van der Waals surface area contributed by atoms with Crippen molar-refractivity contribution in [1.29, 1.82) is 0 Å². The largest absolute Gasteiger partial charge is 0.382 e. The summed E-state index contributed by atoms with van der Waals surface area (Å²) in [6.45, 7) is 10.7. The number of amides is 1. The number of benzene rings is 1. The molecule has 0 radical (unpaired) electrons. The molecule has 1 aromatic carbocycles. The van der Waals surface area contributed by atoms with E-state index in [0.717, 1.165) is 58.5 Å². The van der Waals surface area contributed by atoms with E-state index in [-0.39, 0.29) is 28.6 Å². The number of aromatic nitrogens is 2. The van der Waals surface area contributed by atoms with Gasteiger partial charge in [0.2, 0.25) is 0 Å². The van der Waals surface area contributed by atoms with Gasteiger partial charge in [0, 0.05) is 50.8 Å². The third-order valence-electron chi connectivity index (χ3n) is 8.29. The molecular formula is C28H41ClN8O. The highest BCUT2D eigenvalue weighted by atomic mass is 35.5. The van der Waals surface area contributed by atoms with Gasteiger partial charge in [0.05, 0.1) is 0 Å². The van der Waals surface area contributed by atoms with Gasteiger partial charge in [-0.05, 0) is 63.2 Å². The Balaban J connectivity index is 1.19. The average molecular weight is 541 g/mol. The average Bonchev–Trinajstić information content (AvgIpc) is 3.74. The van der Waals surface area contributed by atoms with Gasteiger partial charge in [-0.2, -0.15) is 0 Å². The molecule has 0 bridgehead atoms. The monoisotopic (exact) mass is 540 g/mol. The fourth-order valence-corrected chi connectivity index (χ4v) is 6.17. The topological polar surface area (TPSA) is 117 Å². The number of nitrogens with two attached hydrogens (primary N) is 2. The van der Waals surface area contributed by atoms with Crippen molar-refractivity contribution in [1.82, 2.24) is 25.1 Å². The summed E-state index contributed by atoms with van der Waals surface area (Å²) in [5, 5.41) is 3.15. The second-order valence-corrected chi connectivity index (χ2v) is 11.4. The van der Waals surface area contributed by atoms with Crippen LogP contribution in [0.1, 0.15) is 66.2 Å². The molecule has 1 aromatic heterocycles. The molecule has 10 heteroatoms. The summed E-state index contributed by atoms with van der Waals surface area (Å²) in [4.78, 5) is 28.8. The van der Waals surface area contributed by atoms with E-state index in [2.05, 4.69) is 62.0 Å². The number of hydrogen-bond donors (Lipinski definition) is 3. The number of piperidine rings is 1. The maximum Gasteiger partial charge on any atom is 0.274 e. The number of nitrogen functional groups attached to an aromatic ring is 1. The van der Waals surface area contributed by atoms with Crippen LogP contribution in [0.15, 0.2) is 18.2 Å². The highest BCUT2D eigenvalue weighted by Crippen LogP contribution is 2.30. The molecule has 5 rings (SSSR count). The van der Waals surface area contributed by atoms with Crippen LogP contribution < -0.4 is 21.7 Å². The Morgan fingerprint density at radius 1 is 1.11 bits per heavy atom. The van der Waals surface area contributed by atoms with E-state index in [0.29, 0.717) is 24.4 Å². The van der Waals surface area contributed by atoms with Gasteiger partial charge in [0.1, 0.15) is 0 Å². The van der Waals surface area contributed by atoms with Crippen molar-refractivity contribution < 1.29 is 4.79 Å². The summed E-state index contributed by atoms with van der Waals surface area (Å²) in [6.07, 6.45) is 5.36. The number of rotatable bonds is 8. The van der Waals surface area contributed by atoms with Gasteiger partial charge < -0.3 is 21.7 Å². The number of nitrogens with one attached hydrogen (secondary N) is 1. The molecule has 1 amide bonds. The van der Waals surface area contributed by atoms with Crippen molar-refractivity contribution in [2.75, 3.05) is 43.4 Å². The van der Waals surface area contributed by atoms with Crippen molar-refractivity contribution >= 4 is 29.1 Å². The van der Waals surface area contributed by atoms with Crippen molar-refractivity contribution in [2.45, 2.75) is 77.2 Å². The lowest BCUT2D eigenvalue weighted by Gasteiger charge is -2.47. The third kappa shape index (κ3) is 6.06. The zero-order valence-corrected chi connectivity index (χ0v) is 23.4. The molecular weight excluding hydrogens is 500 g/mol. The molecule has 3 heterocycles. The Hall–Kier alpha value is -2.46. The molecule has 1 saturated carbocycles. The number of halogens is 1. The SMILES string of the molecule is CC[C@H]1CN(c2nc(N)c(C(=O)NC3CC3)nc2Cl)CCN1C1CCN(Cc2ccc(C)cc2CN)CC1. The van der Waals surface area contributed by atoms with E-state index in [1.807, 2.05) is 0 Å². The first kappa shape index (κ1) is 27.1. The van der Waals surface area contributed by atoms with Crippen molar-refractivity contribution in [3.8, 4) is 0 Å². The molecule has 1 atom stereocenters. The van der Waals surface area contributed by atoms with Crippen LogP contribution in [0.4, 0.5) is 11.6 Å². The van der Waals surface area contributed by atoms with E-state index in [1.165, 1.54) is 29.5 Å². The highest BCUT2D eigenvalue weighted by Gasteiger charge is 2.35. The Bertz CT molecular complexity index is 1150. The van der Waals surface area contributed by atoms with E-state index in [4.69, 9.17) is 23.1 Å². The van der Waals surface area contributed by atoms with Gasteiger partial charge in [-0.15, -0.1) is 0 Å². The number of piperazine rings is 1. The number of likely N-dealkylation sites (tertiary alicyclic amines) is 1. The first-order chi connectivity index (χ1) is 18.4. The van der Waals surface area contributed by atoms with Crippen LogP contribution in [-0.2, 0) is 13.1 Å². The van der Waals surface area contributed by atoms with Gasteiger partial charge in [-0.25, -0.2) is 9.97 Å². The number of carbonyl (C=O) groups excluding carboxylic acids is 1. The first-order valence-electron chi connectivity index (χ1n) is 14.0. The smallest absolute Gasteiger partial charge is 0.274 e. The molecule has 38 heavy (non-hydrogen) atoms. The third-order valence-corrected chi connectivity index (χ3v) is 8.55. The fourth-order valence-electron chi connectivity index (χ4n) is 5.92. The second-order valence-electron chi connectivity index (χ2n) is 11.0. The highest BCUT2D eigenvalue weighted by molar-refractivity contribution is 6.32. The Labute approximate surface area is 230 Å². The molecule has 2 aromatic rings. The molecule has 0 unspecified atom stereocenters. The second kappa shape index (κ2) is 11.7. The quantitative estimate of drug-likeness (QED) is 0.468. The summed E-state index contributed by atoms with van der Waals surface area (Å²) in [6, 6.07) is 7.84. The minimum Gasteiger partial charge on any atom is -0.382 e. The van der Waals surface area contributed by atoms with Gasteiger partial charge in [-0.3, -0.25) is 14.6 Å². The maximum atomic E-state index is 12.5. The van der Waals surface area contributed by atoms with E-state index in [1.54, 1.807) is 0 Å². The molecule has 9 nitrogen and oxygen atoms in total. The molecule has 2 aliphatic heterocycles. The lowest BCUT2D eigenvalue weighted by Crippen LogP contribution is -2.58. The van der Waals surface area contributed by atoms with E-state index >= 15 is 0 Å². The van der Waals surface area contributed by atoms with Crippen LogP contribution in [-0.4, -0.2) is 76.5 Å². The molecule has 206 valence electrons. The zero-order valence-electron chi connectivity index (χ0n) is 22.6. The summed E-state index contributed by atoms with van der Waals surface area (Å²) >= 11 is 6.54. The normalized spacial score (nSPS) is 21.6. The van der Waals surface area contributed by atoms with E-state index < -0.39 is 0 Å². The van der Waals surface area contributed by atoms with Gasteiger partial charge in [0.25, 0.3) is 5.91 Å². The number of anilines is 2. The summed E-state index contributed by atoms with van der Waals surface area (Å²) in [5.41, 5.74) is 16.2. The molecule has 3 fully saturated rings. The number of hydrogen-bond acceptors (Lipinski definition) is 8. The molecule has 1 aliphatic carbocycles. The molecule has 0 spiro atoms. The fraction of sp³-hybridized carbons (Fsp3) is 0.607. The molecule has 2 saturated heterocycles. The number of aryl methyl sites for hydroxylation is 1. The maximum absolute atomic E-state index is 12.5. The number of carbonyl (C=O) groups is 1. The van der Waals surface area contributed by atoms with Gasteiger partial charge in [-0.1, -0.05) is 42.3 Å². The van der Waals surface area contributed by atoms with Crippen molar-refractivity contribution in [2.24, 2.45) is 5.73 Å². The summed E-state index contributed by atoms with van der Waals surface area (Å²) in [5.74, 6) is 0.417. The predicted octanol–water partition coefficient (Wildman–Crippen LogP) is 2.94. The summed E-state index contributed by atoms with van der Waals surface area (Å²) in [7, 11) is 0. The number of nitrogens with zero attached hydrogens (tertiary/aromatic N) is 5. The lowest BCUT2D eigenvalue weighted by atomic mass is 9.97. The van der Waals surface area contributed by atoms with Gasteiger partial charge in [0.15, 0.2) is 22.5 Å². The summed E-state index contributed by atoms with van der Waals surface area (Å²) < 4.78 is 0. The van der Waals surface area contributed by atoms with Crippen molar-refractivity contribution in [3.63, 3.8) is 0 Å². The van der Waals surface area contributed by atoms with Crippen molar-refractivity contribution in [3.05, 3.63) is 45.7 Å². The minimum atomic E-state index is -0.296. The predicted molar refractivity (Wildman–Crippen MR) is 152 cm³/mol. The van der Waals surface area contributed by atoms with Crippen LogP contribution in [0.3, 0.4) is 0 Å². The first-order valence-corrected chi connectivity index (χ1v) is 14.4. The molecule has 3 aliphatic rings. The zero-order chi connectivity index (χ0) is 26.8. The Morgan fingerprint density at radius 3 is 2.55 bits per heavy atom.